The van der Waals surface area contributed by atoms with Crippen LogP contribution in [0.4, 0.5) is 10.1 Å². The van der Waals surface area contributed by atoms with Crippen LogP contribution < -0.4 is 5.32 Å². The van der Waals surface area contributed by atoms with Crippen LogP contribution in [0.5, 0.6) is 0 Å². The molecule has 0 saturated heterocycles. The van der Waals surface area contributed by atoms with E-state index in [1.165, 1.54) is 12.1 Å². The number of rotatable bonds is 2. The van der Waals surface area contributed by atoms with E-state index in [2.05, 4.69) is 5.32 Å². The monoisotopic (exact) mass is 169 g/mol. The largest absolute Gasteiger partial charge is 0.385 e. The van der Waals surface area contributed by atoms with E-state index in [4.69, 9.17) is 0 Å². The smallest absolute Gasteiger partial charge is 0.125 e. The van der Waals surface area contributed by atoms with Gasteiger partial charge in [-0.2, -0.15) is 0 Å². The fourth-order valence-corrected chi connectivity index (χ4v) is 0.803. The molecule has 1 aromatic rings. The Morgan fingerprint density at radius 2 is 2.00 bits per heavy atom. The van der Waals surface area contributed by atoms with Gasteiger partial charge >= 0.3 is 0 Å². The molecule has 0 heterocycles. The molecule has 12 heavy (non-hydrogen) atoms. The van der Waals surface area contributed by atoms with E-state index in [0.29, 0.717) is 0 Å². The molecule has 0 spiro atoms. The Labute approximate surface area is 73.6 Å². The van der Waals surface area contributed by atoms with Gasteiger partial charge in [0.25, 0.3) is 0 Å². The molecule has 0 aliphatic heterocycles. The summed E-state index contributed by atoms with van der Waals surface area (Å²) in [7, 11) is 0. The fraction of sp³-hybridized carbons (Fsp3) is 0.400. The summed E-state index contributed by atoms with van der Waals surface area (Å²) >= 11 is 0. The van der Waals surface area contributed by atoms with Crippen LogP contribution in [0.3, 0.4) is 0 Å². The summed E-state index contributed by atoms with van der Waals surface area (Å²) in [5, 5.41) is 3.01. The lowest BCUT2D eigenvalue weighted by atomic mass is 10.3. The van der Waals surface area contributed by atoms with E-state index in [-0.39, 0.29) is 5.82 Å². The molecular weight excluding hydrogens is 153 g/mol. The average Bonchev–Trinajstić information content (AvgIpc) is 2.09. The zero-order valence-electron chi connectivity index (χ0n) is 7.89. The molecule has 0 fully saturated rings. The third kappa shape index (κ3) is 3.96. The van der Waals surface area contributed by atoms with E-state index in [1.807, 2.05) is 26.8 Å². The summed E-state index contributed by atoms with van der Waals surface area (Å²) in [5.41, 5.74) is 0.836. The summed E-state index contributed by atoms with van der Waals surface area (Å²) in [4.78, 5) is 0. The maximum Gasteiger partial charge on any atom is 0.125 e. The second-order valence-corrected chi connectivity index (χ2v) is 2.04. The maximum absolute atomic E-state index is 12.5. The SMILES string of the molecule is CC.CCNc1cccc(F)c1. The quantitative estimate of drug-likeness (QED) is 0.716. The van der Waals surface area contributed by atoms with E-state index >= 15 is 0 Å². The maximum atomic E-state index is 12.5. The summed E-state index contributed by atoms with van der Waals surface area (Å²) in [5.74, 6) is -0.196. The van der Waals surface area contributed by atoms with Crippen molar-refractivity contribution >= 4 is 5.69 Å². The summed E-state index contributed by atoms with van der Waals surface area (Å²) in [6.45, 7) is 6.80. The topological polar surface area (TPSA) is 12.0 Å². The molecule has 1 nitrogen and oxygen atoms in total. The van der Waals surface area contributed by atoms with Crippen molar-refractivity contribution in [3.63, 3.8) is 0 Å². The Morgan fingerprint density at radius 1 is 1.33 bits per heavy atom. The van der Waals surface area contributed by atoms with E-state index in [0.717, 1.165) is 12.2 Å². The van der Waals surface area contributed by atoms with Crippen LogP contribution in [0, 0.1) is 5.82 Å². The molecule has 0 aromatic heterocycles. The highest BCUT2D eigenvalue weighted by Crippen LogP contribution is 2.07. The number of nitrogens with one attached hydrogen (secondary N) is 1. The molecule has 0 amide bonds. The molecule has 2 heteroatoms. The van der Waals surface area contributed by atoms with Gasteiger partial charge in [0.15, 0.2) is 0 Å². The molecule has 0 aliphatic carbocycles. The van der Waals surface area contributed by atoms with Gasteiger partial charge in [-0.25, -0.2) is 4.39 Å². The van der Waals surface area contributed by atoms with E-state index in [9.17, 15) is 4.39 Å². The minimum absolute atomic E-state index is 0.196. The number of hydrogen-bond acceptors (Lipinski definition) is 1. The molecule has 0 unspecified atom stereocenters. The van der Waals surface area contributed by atoms with Gasteiger partial charge in [0.05, 0.1) is 0 Å². The molecule has 68 valence electrons. The van der Waals surface area contributed by atoms with Crippen molar-refractivity contribution in [2.24, 2.45) is 0 Å². The van der Waals surface area contributed by atoms with Crippen molar-refractivity contribution in [2.45, 2.75) is 20.8 Å². The van der Waals surface area contributed by atoms with Crippen LogP contribution >= 0.6 is 0 Å². The highest BCUT2D eigenvalue weighted by atomic mass is 19.1. The molecule has 1 aromatic carbocycles. The van der Waals surface area contributed by atoms with Gasteiger partial charge < -0.3 is 5.32 Å². The second-order valence-electron chi connectivity index (χ2n) is 2.04. The van der Waals surface area contributed by atoms with Gasteiger partial charge in [0.2, 0.25) is 0 Å². The number of halogens is 1. The van der Waals surface area contributed by atoms with Gasteiger partial charge in [-0.05, 0) is 25.1 Å². The van der Waals surface area contributed by atoms with Crippen molar-refractivity contribution < 1.29 is 4.39 Å². The fourth-order valence-electron chi connectivity index (χ4n) is 0.803. The lowest BCUT2D eigenvalue weighted by Crippen LogP contribution is -1.95. The zero-order chi connectivity index (χ0) is 9.40. The van der Waals surface area contributed by atoms with Gasteiger partial charge in [-0.3, -0.25) is 0 Å². The lowest BCUT2D eigenvalue weighted by Gasteiger charge is -2.00. The Kier molecular flexibility index (Phi) is 6.07. The van der Waals surface area contributed by atoms with Crippen LogP contribution in [-0.4, -0.2) is 6.54 Å². The first-order valence-corrected chi connectivity index (χ1v) is 4.32. The Balaban J connectivity index is 0.000000561. The molecule has 0 atom stereocenters. The van der Waals surface area contributed by atoms with Crippen LogP contribution in [0.2, 0.25) is 0 Å². The van der Waals surface area contributed by atoms with Crippen LogP contribution in [-0.2, 0) is 0 Å². The molecule has 0 radical (unpaired) electrons. The first-order valence-electron chi connectivity index (χ1n) is 4.32. The first kappa shape index (κ1) is 11.0. The molecule has 0 bridgehead atoms. The average molecular weight is 169 g/mol. The second kappa shape index (κ2) is 6.65. The van der Waals surface area contributed by atoms with Gasteiger partial charge in [-0.15, -0.1) is 0 Å². The van der Waals surface area contributed by atoms with E-state index in [1.54, 1.807) is 6.07 Å². The minimum Gasteiger partial charge on any atom is -0.385 e. The molecule has 0 saturated carbocycles. The molecule has 0 aliphatic rings. The standard InChI is InChI=1S/C8H10FN.C2H6/c1-2-10-8-5-3-4-7(9)6-8;1-2/h3-6,10H,2H2,1H3;1-2H3. The third-order valence-corrected chi connectivity index (χ3v) is 1.21. The molecular formula is C10H16FN. The minimum atomic E-state index is -0.196. The van der Waals surface area contributed by atoms with Gasteiger partial charge in [0.1, 0.15) is 5.82 Å². The Morgan fingerprint density at radius 3 is 2.50 bits per heavy atom. The predicted molar refractivity (Wildman–Crippen MR) is 51.9 cm³/mol. The Bertz CT molecular complexity index is 211. The predicted octanol–water partition coefficient (Wildman–Crippen LogP) is 3.28. The van der Waals surface area contributed by atoms with Crippen LogP contribution in [0.1, 0.15) is 20.8 Å². The van der Waals surface area contributed by atoms with Crippen molar-refractivity contribution in [2.75, 3.05) is 11.9 Å². The van der Waals surface area contributed by atoms with Crippen LogP contribution in [0.15, 0.2) is 24.3 Å². The third-order valence-electron chi connectivity index (χ3n) is 1.21. The highest BCUT2D eigenvalue weighted by molar-refractivity contribution is 5.42. The van der Waals surface area contributed by atoms with Crippen molar-refractivity contribution in [3.05, 3.63) is 30.1 Å². The van der Waals surface area contributed by atoms with Crippen molar-refractivity contribution in [1.29, 1.82) is 0 Å². The number of anilines is 1. The van der Waals surface area contributed by atoms with Crippen molar-refractivity contribution in [3.8, 4) is 0 Å². The van der Waals surface area contributed by atoms with Gasteiger partial charge in [0, 0.05) is 12.2 Å². The van der Waals surface area contributed by atoms with Crippen LogP contribution in [0.25, 0.3) is 0 Å². The summed E-state index contributed by atoms with van der Waals surface area (Å²) < 4.78 is 12.5. The van der Waals surface area contributed by atoms with Crippen molar-refractivity contribution in [1.82, 2.24) is 0 Å². The first-order chi connectivity index (χ1) is 5.83. The normalized spacial score (nSPS) is 8.33. The number of hydrogen-bond donors (Lipinski definition) is 1. The summed E-state index contributed by atoms with van der Waals surface area (Å²) in [6, 6.07) is 6.43. The van der Waals surface area contributed by atoms with Gasteiger partial charge in [-0.1, -0.05) is 19.9 Å². The number of benzene rings is 1. The summed E-state index contributed by atoms with van der Waals surface area (Å²) in [6.07, 6.45) is 0. The molecule has 1 rings (SSSR count). The van der Waals surface area contributed by atoms with E-state index < -0.39 is 0 Å². The Hall–Kier alpha value is -1.05. The zero-order valence-corrected chi connectivity index (χ0v) is 7.89. The highest BCUT2D eigenvalue weighted by Gasteiger charge is 1.90. The lowest BCUT2D eigenvalue weighted by molar-refractivity contribution is 0.628. The molecule has 1 N–H and O–H groups in total.